The molecule has 380 valence electrons. The lowest BCUT2D eigenvalue weighted by Crippen LogP contribution is -2.40. The zero-order valence-corrected chi connectivity index (χ0v) is 40.5. The number of carbonyl (C=O) groups excluding carboxylic acids is 2. The molecule has 2 saturated heterocycles. The van der Waals surface area contributed by atoms with E-state index in [1.54, 1.807) is 0 Å². The summed E-state index contributed by atoms with van der Waals surface area (Å²) in [4.78, 5) is 24.1. The minimum absolute atomic E-state index is 0.0238. The molecule has 0 radical (unpaired) electrons. The third-order valence-electron chi connectivity index (χ3n) is 10.4. The van der Waals surface area contributed by atoms with E-state index in [4.69, 9.17) is 28.4 Å². The molecule has 0 unspecified atom stereocenters. The average molecular weight is 1060 g/mol. The van der Waals surface area contributed by atoms with Crippen LogP contribution in [0.4, 0.5) is 11.4 Å². The monoisotopic (exact) mass is 1060 g/mol. The number of benzene rings is 4. The lowest BCUT2D eigenvalue weighted by Gasteiger charge is -2.27. The largest absolute Gasteiger partial charge is 0.504 e. The van der Waals surface area contributed by atoms with Crippen molar-refractivity contribution >= 4 is 75.0 Å². The topological polar surface area (TPSA) is 338 Å². The summed E-state index contributed by atoms with van der Waals surface area (Å²) in [6.45, 7) is 0.756. The van der Waals surface area contributed by atoms with Crippen molar-refractivity contribution in [3.8, 4) is 11.5 Å². The van der Waals surface area contributed by atoms with E-state index >= 15 is 0 Å². The molecule has 0 saturated carbocycles. The van der Waals surface area contributed by atoms with Gasteiger partial charge in [-0.2, -0.15) is 25.4 Å². The van der Waals surface area contributed by atoms with Crippen molar-refractivity contribution in [2.24, 2.45) is 0 Å². The van der Waals surface area contributed by atoms with Gasteiger partial charge in [0.2, 0.25) is 20.0 Å². The quantitative estimate of drug-likeness (QED) is 0.0321. The zero-order chi connectivity index (χ0) is 51.0. The Bertz CT molecular complexity index is 2890. The van der Waals surface area contributed by atoms with E-state index in [1.165, 1.54) is 38.5 Å². The molecule has 0 aliphatic carbocycles. The van der Waals surface area contributed by atoms with Crippen LogP contribution in [0.15, 0.2) is 92.4 Å². The van der Waals surface area contributed by atoms with Crippen LogP contribution in [0.3, 0.4) is 0 Å². The fraction of sp³-hybridized carbons (Fsp3) is 0.333. The van der Waals surface area contributed by atoms with Gasteiger partial charge in [-0.25, -0.2) is 16.8 Å². The van der Waals surface area contributed by atoms with Crippen molar-refractivity contribution in [1.29, 1.82) is 0 Å². The summed E-state index contributed by atoms with van der Waals surface area (Å²) in [6.07, 6.45) is 0. The van der Waals surface area contributed by atoms with Crippen LogP contribution in [0.2, 0.25) is 0 Å². The molecular formula is C42H48N4O20S4. The van der Waals surface area contributed by atoms with Gasteiger partial charge >= 0.3 is 0 Å². The lowest BCUT2D eigenvalue weighted by molar-refractivity contribution is 0.0729. The number of sulfonamides is 2. The lowest BCUT2D eigenvalue weighted by atomic mass is 10.1. The first-order valence-electron chi connectivity index (χ1n) is 20.7. The van der Waals surface area contributed by atoms with Crippen LogP contribution in [0.1, 0.15) is 31.8 Å². The zero-order valence-electron chi connectivity index (χ0n) is 37.3. The fourth-order valence-corrected chi connectivity index (χ4v) is 11.5. The second-order valence-electron chi connectivity index (χ2n) is 15.0. The standard InChI is InChI=1S/C42H48N4O20S4/c1-61-19-21-65-33-9-3-27(23-37(33)67(51,52)45-11-15-63-16-12-45)41(49)43-29-5-7-31(35(25-29)69(55,56)57)39(47)40(48)32-8-6-30(26-36(32)70(58,59)60)44-42(50)28-4-10-34(66-22-20-62-2)38(24-28)68(53,54)46-13-17-64-18-14-46/h3-10,23-26,47-48H,11-22H2,1-2H3,(H,43,49)(H,44,50)(H,55,56,57)(H,58,59,60)/b40-39+. The Labute approximate surface area is 402 Å². The Kier molecular flexibility index (Phi) is 17.3. The summed E-state index contributed by atoms with van der Waals surface area (Å²) in [5.74, 6) is -4.81. The van der Waals surface area contributed by atoms with Crippen LogP contribution in [-0.4, -0.2) is 167 Å². The molecule has 4 aromatic carbocycles. The number of nitrogens with one attached hydrogen (secondary N) is 2. The molecule has 2 heterocycles. The number of ether oxygens (including phenoxy) is 6. The summed E-state index contributed by atoms with van der Waals surface area (Å²) in [7, 11) is -16.3. The molecule has 2 aliphatic heterocycles. The number of hydrogen-bond acceptors (Lipinski definition) is 18. The highest BCUT2D eigenvalue weighted by Crippen LogP contribution is 2.35. The third kappa shape index (κ3) is 12.6. The highest BCUT2D eigenvalue weighted by atomic mass is 32.2. The Morgan fingerprint density at radius 3 is 1.21 bits per heavy atom. The van der Waals surface area contributed by atoms with Gasteiger partial charge in [0.15, 0.2) is 11.5 Å². The molecule has 2 aliphatic rings. The fourth-order valence-electron chi connectivity index (χ4n) is 6.94. The van der Waals surface area contributed by atoms with Crippen LogP contribution >= 0.6 is 0 Å². The number of nitrogens with zero attached hydrogens (tertiary/aromatic N) is 2. The maximum absolute atomic E-state index is 13.7. The van der Waals surface area contributed by atoms with Gasteiger partial charge in [-0.15, -0.1) is 0 Å². The van der Waals surface area contributed by atoms with Crippen molar-refractivity contribution < 1.29 is 91.0 Å². The number of carbonyl (C=O) groups is 2. The smallest absolute Gasteiger partial charge is 0.295 e. The van der Waals surface area contributed by atoms with Gasteiger partial charge in [0, 0.05) is 74.0 Å². The predicted molar refractivity (Wildman–Crippen MR) is 247 cm³/mol. The highest BCUT2D eigenvalue weighted by Gasteiger charge is 2.33. The van der Waals surface area contributed by atoms with Crippen LogP contribution in [0, 0.1) is 0 Å². The van der Waals surface area contributed by atoms with Crippen LogP contribution in [-0.2, 0) is 59.2 Å². The first-order valence-corrected chi connectivity index (χ1v) is 26.5. The summed E-state index contributed by atoms with van der Waals surface area (Å²) >= 11 is 0. The number of hydrogen-bond donors (Lipinski definition) is 6. The van der Waals surface area contributed by atoms with E-state index in [9.17, 15) is 62.6 Å². The van der Waals surface area contributed by atoms with E-state index in [-0.39, 0.29) is 123 Å². The van der Waals surface area contributed by atoms with Crippen molar-refractivity contribution in [2.45, 2.75) is 19.6 Å². The molecule has 70 heavy (non-hydrogen) atoms. The van der Waals surface area contributed by atoms with E-state index in [2.05, 4.69) is 10.6 Å². The summed E-state index contributed by atoms with van der Waals surface area (Å²) in [5.41, 5.74) is -2.78. The molecule has 6 N–H and O–H groups in total. The van der Waals surface area contributed by atoms with Gasteiger partial charge in [-0.3, -0.25) is 18.7 Å². The molecule has 2 fully saturated rings. The Hall–Kier alpha value is -5.76. The first-order chi connectivity index (χ1) is 33.1. The predicted octanol–water partition coefficient (Wildman–Crippen LogP) is 2.72. The third-order valence-corrected chi connectivity index (χ3v) is 16.1. The van der Waals surface area contributed by atoms with Crippen molar-refractivity contribution in [3.63, 3.8) is 0 Å². The van der Waals surface area contributed by atoms with E-state index < -0.39 is 84.5 Å². The normalized spacial score (nSPS) is 15.7. The molecule has 0 spiro atoms. The van der Waals surface area contributed by atoms with Gasteiger partial charge in [-0.05, 0) is 72.8 Å². The van der Waals surface area contributed by atoms with Crippen molar-refractivity contribution in [2.75, 3.05) is 104 Å². The Balaban J connectivity index is 1.29. The van der Waals surface area contributed by atoms with E-state index in [1.807, 2.05) is 0 Å². The SMILES string of the molecule is COCCOc1ccc(C(=O)Nc2ccc(/C(O)=C(\O)c3ccc(NC(=O)c4ccc(OCCOC)c(S(=O)(=O)N5CCOCC5)c4)cc3S(=O)(=O)O)c(S(=O)(=O)O)c2)cc1S(=O)(=O)N1CCOCC1. The molecule has 2 amide bonds. The minimum Gasteiger partial charge on any atom is -0.504 e. The highest BCUT2D eigenvalue weighted by molar-refractivity contribution is 7.89. The maximum Gasteiger partial charge on any atom is 0.295 e. The Morgan fingerprint density at radius 1 is 0.529 bits per heavy atom. The number of rotatable bonds is 20. The number of aliphatic hydroxyl groups excluding tert-OH is 2. The summed E-state index contributed by atoms with van der Waals surface area (Å²) in [6, 6.07) is 12.1. The molecule has 24 nitrogen and oxygen atoms in total. The summed E-state index contributed by atoms with van der Waals surface area (Å²) in [5, 5.41) is 27.2. The molecule has 0 atom stereocenters. The van der Waals surface area contributed by atoms with Crippen molar-refractivity contribution in [1.82, 2.24) is 8.61 Å². The molecule has 28 heteroatoms. The Morgan fingerprint density at radius 2 is 0.886 bits per heavy atom. The summed E-state index contributed by atoms with van der Waals surface area (Å²) < 4.78 is 160. The van der Waals surface area contributed by atoms with Gasteiger partial charge < -0.3 is 49.3 Å². The van der Waals surface area contributed by atoms with E-state index in [0.29, 0.717) is 12.1 Å². The number of aliphatic hydroxyl groups is 2. The van der Waals surface area contributed by atoms with Crippen LogP contribution < -0.4 is 20.1 Å². The van der Waals surface area contributed by atoms with Crippen molar-refractivity contribution in [3.05, 3.63) is 95.1 Å². The first kappa shape index (κ1) is 53.6. The van der Waals surface area contributed by atoms with Gasteiger partial charge in [0.25, 0.3) is 32.1 Å². The minimum atomic E-state index is -5.34. The molecule has 4 aromatic rings. The second-order valence-corrected chi connectivity index (χ2v) is 21.6. The van der Waals surface area contributed by atoms with Gasteiger partial charge in [-0.1, -0.05) is 0 Å². The molecule has 0 bridgehead atoms. The molecular weight excluding hydrogens is 1010 g/mol. The van der Waals surface area contributed by atoms with E-state index in [0.717, 1.165) is 45.0 Å². The van der Waals surface area contributed by atoms with Gasteiger partial charge in [0.1, 0.15) is 44.3 Å². The van der Waals surface area contributed by atoms with Crippen LogP contribution in [0.5, 0.6) is 11.5 Å². The second kappa shape index (κ2) is 22.5. The molecule has 6 rings (SSSR count). The maximum atomic E-state index is 13.7. The molecule has 0 aromatic heterocycles. The number of anilines is 2. The average Bonchev–Trinajstić information content (AvgIpc) is 3.33. The number of methoxy groups -OCH3 is 2. The number of amides is 2. The van der Waals surface area contributed by atoms with Gasteiger partial charge in [0.05, 0.1) is 39.6 Å². The number of morpholine rings is 2. The van der Waals surface area contributed by atoms with Crippen LogP contribution in [0.25, 0.3) is 11.5 Å².